The van der Waals surface area contributed by atoms with E-state index in [9.17, 15) is 9.59 Å². The van der Waals surface area contributed by atoms with Crippen LogP contribution in [0.5, 0.6) is 0 Å². The molecule has 0 spiro atoms. The highest BCUT2D eigenvalue weighted by Gasteiger charge is 2.58. The fraction of sp³-hybridized carbons (Fsp3) is 0.600. The minimum Gasteiger partial charge on any atom is -0.345 e. The first-order valence-electron chi connectivity index (χ1n) is 9.98. The predicted octanol–water partition coefficient (Wildman–Crippen LogP) is 1.40. The monoisotopic (exact) mass is 382 g/mol. The number of aryl methyl sites for hydroxylation is 2. The number of hydrogen-bond acceptors (Lipinski definition) is 4. The number of carbonyl (C=O) groups is 2. The fourth-order valence-electron chi connectivity index (χ4n) is 6.24. The average molecular weight is 382 g/mol. The number of carbonyl (C=O) groups excluding carboxylic acids is 2. The predicted molar refractivity (Wildman–Crippen MR) is 101 cm³/mol. The molecule has 8 heteroatoms. The quantitative estimate of drug-likeness (QED) is 0.836. The molecule has 0 unspecified atom stereocenters. The fourth-order valence-corrected chi connectivity index (χ4v) is 6.24. The van der Waals surface area contributed by atoms with Crippen molar-refractivity contribution in [3.05, 3.63) is 35.9 Å². The molecule has 2 heterocycles. The van der Waals surface area contributed by atoms with Crippen molar-refractivity contribution in [3.8, 4) is 0 Å². The van der Waals surface area contributed by atoms with Gasteiger partial charge in [-0.25, -0.2) is 0 Å². The molecule has 2 aromatic rings. The van der Waals surface area contributed by atoms with Gasteiger partial charge in [-0.1, -0.05) is 0 Å². The summed E-state index contributed by atoms with van der Waals surface area (Å²) >= 11 is 0. The molecule has 0 aliphatic heterocycles. The molecule has 148 valence electrons. The van der Waals surface area contributed by atoms with Crippen molar-refractivity contribution in [2.75, 3.05) is 0 Å². The second-order valence-corrected chi connectivity index (χ2v) is 9.18. The molecule has 0 atom stereocenters. The Balaban J connectivity index is 1.38. The molecular formula is C20H26N6O2. The van der Waals surface area contributed by atoms with Gasteiger partial charge in [0.15, 0.2) is 0 Å². The largest absolute Gasteiger partial charge is 0.345 e. The Morgan fingerprint density at radius 3 is 1.68 bits per heavy atom. The van der Waals surface area contributed by atoms with Crippen LogP contribution in [0.25, 0.3) is 0 Å². The van der Waals surface area contributed by atoms with Crippen molar-refractivity contribution in [1.29, 1.82) is 0 Å². The van der Waals surface area contributed by atoms with Gasteiger partial charge in [-0.15, -0.1) is 0 Å². The maximum atomic E-state index is 12.8. The number of amides is 2. The van der Waals surface area contributed by atoms with Crippen molar-refractivity contribution in [3.63, 3.8) is 0 Å². The summed E-state index contributed by atoms with van der Waals surface area (Å²) in [7, 11) is 3.62. The van der Waals surface area contributed by atoms with Gasteiger partial charge in [0.2, 0.25) is 0 Å². The summed E-state index contributed by atoms with van der Waals surface area (Å²) in [6.45, 7) is 0. The molecular weight excluding hydrogens is 356 g/mol. The first-order chi connectivity index (χ1) is 13.3. The minimum atomic E-state index is -0.254. The van der Waals surface area contributed by atoms with E-state index in [1.165, 1.54) is 6.42 Å². The molecule has 4 aliphatic carbocycles. The van der Waals surface area contributed by atoms with Gasteiger partial charge in [-0.05, 0) is 62.5 Å². The Morgan fingerprint density at radius 2 is 1.32 bits per heavy atom. The summed E-state index contributed by atoms with van der Waals surface area (Å²) < 4.78 is 3.28. The molecule has 4 fully saturated rings. The third kappa shape index (κ3) is 2.91. The standard InChI is InChI=1S/C20H26N6O2/c1-25-5-3-15(23-25)17(27)21-19-8-13-7-14(9-19)11-20(10-13,12-19)22-18(28)16-4-6-26(2)24-16/h3-6,13-14H,7-12H2,1-2H3,(H,21,27)(H,22,28). The first kappa shape index (κ1) is 17.5. The van der Waals surface area contributed by atoms with Crippen LogP contribution in [0.15, 0.2) is 24.5 Å². The molecule has 2 N–H and O–H groups in total. The molecule has 4 bridgehead atoms. The van der Waals surface area contributed by atoms with Crippen molar-refractivity contribution in [2.45, 2.75) is 49.6 Å². The Labute approximate surface area is 163 Å². The lowest BCUT2D eigenvalue weighted by atomic mass is 9.49. The van der Waals surface area contributed by atoms with Gasteiger partial charge in [0.25, 0.3) is 11.8 Å². The third-order valence-corrected chi connectivity index (χ3v) is 6.71. The van der Waals surface area contributed by atoms with Gasteiger partial charge in [-0.3, -0.25) is 19.0 Å². The van der Waals surface area contributed by atoms with E-state index >= 15 is 0 Å². The summed E-state index contributed by atoms with van der Waals surface area (Å²) in [4.78, 5) is 25.6. The maximum absolute atomic E-state index is 12.8. The minimum absolute atomic E-state index is 0.117. The highest BCUT2D eigenvalue weighted by molar-refractivity contribution is 5.93. The van der Waals surface area contributed by atoms with Gasteiger partial charge in [0, 0.05) is 37.6 Å². The van der Waals surface area contributed by atoms with E-state index < -0.39 is 0 Å². The molecule has 4 aliphatic rings. The number of aromatic nitrogens is 4. The summed E-state index contributed by atoms with van der Waals surface area (Å²) in [5.74, 6) is 0.839. The second-order valence-electron chi connectivity index (χ2n) is 9.18. The number of hydrogen-bond donors (Lipinski definition) is 2. The molecule has 0 aromatic carbocycles. The van der Waals surface area contributed by atoms with Crippen LogP contribution in [0, 0.1) is 11.8 Å². The highest BCUT2D eigenvalue weighted by Crippen LogP contribution is 2.57. The molecule has 4 saturated carbocycles. The van der Waals surface area contributed by atoms with E-state index in [0.717, 1.165) is 32.1 Å². The number of rotatable bonds is 4. The van der Waals surface area contributed by atoms with Crippen molar-refractivity contribution < 1.29 is 9.59 Å². The maximum Gasteiger partial charge on any atom is 0.272 e. The summed E-state index contributed by atoms with van der Waals surface area (Å²) in [6, 6.07) is 3.49. The summed E-state index contributed by atoms with van der Waals surface area (Å²) in [5.41, 5.74) is 0.390. The van der Waals surface area contributed by atoms with Crippen LogP contribution in [0.4, 0.5) is 0 Å². The smallest absolute Gasteiger partial charge is 0.272 e. The Hall–Kier alpha value is -2.64. The van der Waals surface area contributed by atoms with E-state index in [4.69, 9.17) is 0 Å². The van der Waals surface area contributed by atoms with Crippen LogP contribution < -0.4 is 10.6 Å². The summed E-state index contributed by atoms with van der Waals surface area (Å²) in [6.07, 6.45) is 9.50. The van der Waals surface area contributed by atoms with Crippen molar-refractivity contribution >= 4 is 11.8 Å². The Kier molecular flexibility index (Phi) is 3.70. The van der Waals surface area contributed by atoms with Crippen LogP contribution in [0.1, 0.15) is 59.5 Å². The molecule has 2 amide bonds. The zero-order valence-corrected chi connectivity index (χ0v) is 16.3. The Morgan fingerprint density at radius 1 is 0.893 bits per heavy atom. The van der Waals surface area contributed by atoms with Crippen LogP contribution in [0.3, 0.4) is 0 Å². The zero-order chi connectivity index (χ0) is 19.5. The van der Waals surface area contributed by atoms with Crippen LogP contribution >= 0.6 is 0 Å². The second kappa shape index (κ2) is 5.93. The molecule has 8 nitrogen and oxygen atoms in total. The summed E-state index contributed by atoms with van der Waals surface area (Å²) in [5, 5.41) is 15.1. The van der Waals surface area contributed by atoms with E-state index in [1.807, 2.05) is 14.1 Å². The number of nitrogens with one attached hydrogen (secondary N) is 2. The van der Waals surface area contributed by atoms with Gasteiger partial charge in [0.05, 0.1) is 0 Å². The van der Waals surface area contributed by atoms with E-state index in [-0.39, 0.29) is 22.9 Å². The lowest BCUT2D eigenvalue weighted by molar-refractivity contribution is -0.0449. The van der Waals surface area contributed by atoms with E-state index in [0.29, 0.717) is 23.2 Å². The normalized spacial score (nSPS) is 33.1. The SMILES string of the molecule is Cn1ccc(C(=O)NC23CC4CC(C2)CC(NC(=O)c2ccn(C)n2)(C4)C3)n1. The van der Waals surface area contributed by atoms with Crippen LogP contribution in [0.2, 0.25) is 0 Å². The van der Waals surface area contributed by atoms with Crippen molar-refractivity contribution in [1.82, 2.24) is 30.2 Å². The van der Waals surface area contributed by atoms with Gasteiger partial charge < -0.3 is 10.6 Å². The van der Waals surface area contributed by atoms with Crippen LogP contribution in [-0.4, -0.2) is 42.5 Å². The van der Waals surface area contributed by atoms with Gasteiger partial charge in [-0.2, -0.15) is 10.2 Å². The highest BCUT2D eigenvalue weighted by atomic mass is 16.2. The molecule has 28 heavy (non-hydrogen) atoms. The van der Waals surface area contributed by atoms with E-state index in [1.54, 1.807) is 33.9 Å². The zero-order valence-electron chi connectivity index (χ0n) is 16.3. The average Bonchev–Trinajstić information content (AvgIpc) is 3.21. The molecule has 0 radical (unpaired) electrons. The first-order valence-corrected chi connectivity index (χ1v) is 9.98. The Bertz CT molecular complexity index is 858. The van der Waals surface area contributed by atoms with Crippen molar-refractivity contribution in [2.24, 2.45) is 25.9 Å². The van der Waals surface area contributed by atoms with Crippen LogP contribution in [-0.2, 0) is 14.1 Å². The molecule has 0 saturated heterocycles. The molecule has 6 rings (SSSR count). The molecule has 2 aromatic heterocycles. The lowest BCUT2D eigenvalue weighted by Crippen LogP contribution is -2.69. The van der Waals surface area contributed by atoms with E-state index in [2.05, 4.69) is 20.8 Å². The van der Waals surface area contributed by atoms with Gasteiger partial charge >= 0.3 is 0 Å². The lowest BCUT2D eigenvalue weighted by Gasteiger charge is -2.62. The number of nitrogens with zero attached hydrogens (tertiary/aromatic N) is 4. The third-order valence-electron chi connectivity index (χ3n) is 6.71. The van der Waals surface area contributed by atoms with Gasteiger partial charge in [0.1, 0.15) is 11.4 Å². The topological polar surface area (TPSA) is 93.8 Å².